The van der Waals surface area contributed by atoms with Gasteiger partial charge in [-0.15, -0.1) is 0 Å². The van der Waals surface area contributed by atoms with Crippen LogP contribution in [0.2, 0.25) is 0 Å². The monoisotopic (exact) mass is 360 g/mol. The molecule has 0 unspecified atom stereocenters. The number of nitriles is 1. The molecular weight excluding hydrogens is 336 g/mol. The van der Waals surface area contributed by atoms with Crippen molar-refractivity contribution >= 4 is 5.97 Å². The van der Waals surface area contributed by atoms with Crippen LogP contribution in [0.5, 0.6) is 11.5 Å². The minimum absolute atomic E-state index is 0.0915. The molecule has 0 aromatic heterocycles. The zero-order chi connectivity index (χ0) is 18.8. The van der Waals surface area contributed by atoms with E-state index in [2.05, 4.69) is 6.07 Å². The molecular formula is C19H24N2O5. The Kier molecular flexibility index (Phi) is 5.08. The Morgan fingerprint density at radius 2 is 1.92 bits per heavy atom. The van der Waals surface area contributed by atoms with Crippen LogP contribution in [-0.2, 0) is 14.9 Å². The Bertz CT molecular complexity index is 715. The van der Waals surface area contributed by atoms with E-state index in [1.54, 1.807) is 20.3 Å². The molecule has 0 radical (unpaired) electrons. The molecule has 1 heterocycles. The highest BCUT2D eigenvalue weighted by atomic mass is 16.7. The Labute approximate surface area is 153 Å². The molecule has 1 saturated heterocycles. The second-order valence-electron chi connectivity index (χ2n) is 6.93. The third kappa shape index (κ3) is 3.11. The smallest absolute Gasteiger partial charge is 0.324 e. The number of carboxylic acid groups (broad SMARTS) is 1. The van der Waals surface area contributed by atoms with Gasteiger partial charge >= 0.3 is 5.97 Å². The number of ether oxygens (including phenoxy) is 3. The van der Waals surface area contributed by atoms with E-state index in [9.17, 15) is 15.2 Å². The normalized spacial score (nSPS) is 20.8. The van der Waals surface area contributed by atoms with Gasteiger partial charge in [0.15, 0.2) is 18.3 Å². The summed E-state index contributed by atoms with van der Waals surface area (Å²) in [5, 5.41) is 19.4. The van der Waals surface area contributed by atoms with Crippen LogP contribution in [-0.4, -0.2) is 55.6 Å². The van der Waals surface area contributed by atoms with Crippen molar-refractivity contribution < 1.29 is 24.1 Å². The van der Waals surface area contributed by atoms with Crippen molar-refractivity contribution in [1.29, 1.82) is 5.26 Å². The molecule has 0 atom stereocenters. The number of benzene rings is 1. The summed E-state index contributed by atoms with van der Waals surface area (Å²) < 4.78 is 15.8. The van der Waals surface area contributed by atoms with Crippen molar-refractivity contribution in [2.75, 3.05) is 34.1 Å². The van der Waals surface area contributed by atoms with Gasteiger partial charge in [0, 0.05) is 20.2 Å². The number of carboxylic acids is 1. The molecule has 2 aliphatic rings. The minimum atomic E-state index is -0.748. The largest absolute Gasteiger partial charge is 0.493 e. The number of rotatable bonds is 7. The third-order valence-electron chi connectivity index (χ3n) is 5.61. The highest BCUT2D eigenvalue weighted by Crippen LogP contribution is 2.47. The summed E-state index contributed by atoms with van der Waals surface area (Å²) in [6, 6.07) is 8.00. The predicted molar refractivity (Wildman–Crippen MR) is 93.2 cm³/mol. The number of carbonyl (C=O) groups is 1. The standard InChI is InChI=1S/C19H24N2O5/c1-24-13-26-16-11-14(3-4-15(16)25-2)18(12-20)7-9-21(10-8-18)19(5-6-19)17(22)23/h3-4,11H,5-10,13H2,1-2H3,(H,22,23). The highest BCUT2D eigenvalue weighted by Gasteiger charge is 2.56. The molecule has 26 heavy (non-hydrogen) atoms. The lowest BCUT2D eigenvalue weighted by Gasteiger charge is -2.40. The van der Waals surface area contributed by atoms with Crippen LogP contribution in [0.4, 0.5) is 0 Å². The number of hydrogen-bond donors (Lipinski definition) is 1. The number of methoxy groups -OCH3 is 2. The number of hydrogen-bond acceptors (Lipinski definition) is 6. The molecule has 2 fully saturated rings. The first-order valence-corrected chi connectivity index (χ1v) is 8.71. The number of aliphatic carboxylic acids is 1. The van der Waals surface area contributed by atoms with E-state index in [1.807, 2.05) is 17.0 Å². The van der Waals surface area contributed by atoms with Gasteiger partial charge in [0.2, 0.25) is 0 Å². The van der Waals surface area contributed by atoms with Gasteiger partial charge < -0.3 is 19.3 Å². The molecule has 0 amide bonds. The van der Waals surface area contributed by atoms with Crippen molar-refractivity contribution in [2.45, 2.75) is 36.6 Å². The molecule has 140 valence electrons. The Morgan fingerprint density at radius 3 is 2.42 bits per heavy atom. The lowest BCUT2D eigenvalue weighted by Crippen LogP contribution is -2.51. The first kappa shape index (κ1) is 18.5. The summed E-state index contributed by atoms with van der Waals surface area (Å²) >= 11 is 0. The maximum absolute atomic E-state index is 11.6. The van der Waals surface area contributed by atoms with E-state index >= 15 is 0 Å². The van der Waals surface area contributed by atoms with Crippen molar-refractivity contribution in [3.8, 4) is 17.6 Å². The van der Waals surface area contributed by atoms with Gasteiger partial charge in [-0.3, -0.25) is 9.69 Å². The lowest BCUT2D eigenvalue weighted by molar-refractivity contribution is -0.145. The Balaban J connectivity index is 1.81. The fraction of sp³-hybridized carbons (Fsp3) is 0.579. The topological polar surface area (TPSA) is 92.0 Å². The van der Waals surface area contributed by atoms with E-state index in [-0.39, 0.29) is 6.79 Å². The van der Waals surface area contributed by atoms with Gasteiger partial charge in [0.1, 0.15) is 5.54 Å². The SMILES string of the molecule is COCOc1cc(C2(C#N)CCN(C3(C(=O)O)CC3)CC2)ccc1OC. The van der Waals surface area contributed by atoms with Gasteiger partial charge in [-0.1, -0.05) is 6.07 Å². The van der Waals surface area contributed by atoms with Crippen LogP contribution in [0.3, 0.4) is 0 Å². The molecule has 7 nitrogen and oxygen atoms in total. The maximum atomic E-state index is 11.6. The summed E-state index contributed by atoms with van der Waals surface area (Å²) in [7, 11) is 3.10. The average molecular weight is 360 g/mol. The van der Waals surface area contributed by atoms with Crippen LogP contribution >= 0.6 is 0 Å². The molecule has 1 aliphatic carbocycles. The average Bonchev–Trinajstić information content (AvgIpc) is 3.48. The van der Waals surface area contributed by atoms with Crippen LogP contribution in [0, 0.1) is 11.3 Å². The number of piperidine rings is 1. The lowest BCUT2D eigenvalue weighted by atomic mass is 9.73. The van der Waals surface area contributed by atoms with Crippen LogP contribution < -0.4 is 9.47 Å². The number of likely N-dealkylation sites (tertiary alicyclic amines) is 1. The Hall–Kier alpha value is -2.30. The molecule has 1 N–H and O–H groups in total. The van der Waals surface area contributed by atoms with Crippen LogP contribution in [0.1, 0.15) is 31.2 Å². The molecule has 1 aromatic rings. The van der Waals surface area contributed by atoms with E-state index < -0.39 is 16.9 Å². The summed E-state index contributed by atoms with van der Waals surface area (Å²) in [4.78, 5) is 13.6. The first-order valence-electron chi connectivity index (χ1n) is 8.71. The van der Waals surface area contributed by atoms with Gasteiger partial charge in [-0.2, -0.15) is 5.26 Å². The Morgan fingerprint density at radius 1 is 1.23 bits per heavy atom. The quantitative estimate of drug-likeness (QED) is 0.745. The second-order valence-corrected chi connectivity index (χ2v) is 6.93. The van der Waals surface area contributed by atoms with E-state index in [4.69, 9.17) is 14.2 Å². The minimum Gasteiger partial charge on any atom is -0.493 e. The molecule has 1 aliphatic heterocycles. The van der Waals surface area contributed by atoms with E-state index in [1.165, 1.54) is 0 Å². The molecule has 3 rings (SSSR count). The maximum Gasteiger partial charge on any atom is 0.324 e. The summed E-state index contributed by atoms with van der Waals surface area (Å²) in [6.07, 6.45) is 2.57. The molecule has 1 aromatic carbocycles. The van der Waals surface area contributed by atoms with Gasteiger partial charge in [0.05, 0.1) is 18.6 Å². The third-order valence-corrected chi connectivity index (χ3v) is 5.61. The highest BCUT2D eigenvalue weighted by molar-refractivity contribution is 5.82. The zero-order valence-electron chi connectivity index (χ0n) is 15.2. The first-order chi connectivity index (χ1) is 12.5. The summed E-state index contributed by atoms with van der Waals surface area (Å²) in [5.74, 6) is 0.369. The van der Waals surface area contributed by atoms with Crippen molar-refractivity contribution in [3.63, 3.8) is 0 Å². The second kappa shape index (κ2) is 7.14. The predicted octanol–water partition coefficient (Wildman–Crippen LogP) is 2.15. The van der Waals surface area contributed by atoms with Gasteiger partial charge in [0.25, 0.3) is 0 Å². The molecule has 7 heteroatoms. The summed E-state index contributed by atoms with van der Waals surface area (Å²) in [5.41, 5.74) is -0.483. The fourth-order valence-corrected chi connectivity index (χ4v) is 3.77. The van der Waals surface area contributed by atoms with Gasteiger partial charge in [-0.25, -0.2) is 0 Å². The molecule has 0 spiro atoms. The zero-order valence-corrected chi connectivity index (χ0v) is 15.2. The van der Waals surface area contributed by atoms with Crippen molar-refractivity contribution in [1.82, 2.24) is 4.90 Å². The summed E-state index contributed by atoms with van der Waals surface area (Å²) in [6.45, 7) is 1.29. The van der Waals surface area contributed by atoms with E-state index in [0.717, 1.165) is 5.56 Å². The van der Waals surface area contributed by atoms with E-state index in [0.29, 0.717) is 50.3 Å². The van der Waals surface area contributed by atoms with Gasteiger partial charge in [-0.05, 0) is 43.4 Å². The van der Waals surface area contributed by atoms with Crippen molar-refractivity contribution in [2.24, 2.45) is 0 Å². The van der Waals surface area contributed by atoms with Crippen molar-refractivity contribution in [3.05, 3.63) is 23.8 Å². The molecule has 0 bridgehead atoms. The van der Waals surface area contributed by atoms with Crippen LogP contribution in [0.25, 0.3) is 0 Å². The number of nitrogens with zero attached hydrogens (tertiary/aromatic N) is 2. The fourth-order valence-electron chi connectivity index (χ4n) is 3.77. The molecule has 1 saturated carbocycles. The van der Waals surface area contributed by atoms with Crippen LogP contribution in [0.15, 0.2) is 18.2 Å².